The van der Waals surface area contributed by atoms with E-state index in [1.807, 2.05) is 13.8 Å². The van der Waals surface area contributed by atoms with Gasteiger partial charge in [-0.15, -0.1) is 11.3 Å². The van der Waals surface area contributed by atoms with Crippen molar-refractivity contribution in [2.45, 2.75) is 30.6 Å². The molecule has 0 atom stereocenters. The topological polar surface area (TPSA) is 55.4 Å². The molecule has 0 radical (unpaired) electrons. The summed E-state index contributed by atoms with van der Waals surface area (Å²) in [5.74, 6) is 0. The molecule has 0 amide bonds. The third-order valence-electron chi connectivity index (χ3n) is 1.95. The van der Waals surface area contributed by atoms with Crippen LogP contribution in [0.2, 0.25) is 5.02 Å². The number of halogens is 2. The molecule has 1 heterocycles. The minimum absolute atomic E-state index is 0.161. The van der Waals surface area contributed by atoms with Gasteiger partial charge in [-0.1, -0.05) is 11.6 Å². The molecule has 0 saturated heterocycles. The van der Waals surface area contributed by atoms with Gasteiger partial charge in [0.25, 0.3) is 0 Å². The van der Waals surface area contributed by atoms with E-state index < -0.39 is 10.0 Å². The van der Waals surface area contributed by atoms with Crippen LogP contribution in [0.3, 0.4) is 0 Å². The van der Waals surface area contributed by atoms with Crippen molar-refractivity contribution in [3.05, 3.63) is 14.9 Å². The Morgan fingerprint density at radius 3 is 2.72 bits per heavy atom. The Morgan fingerprint density at radius 1 is 1.56 bits per heavy atom. The molecule has 0 aliphatic heterocycles. The van der Waals surface area contributed by atoms with E-state index in [1.165, 1.54) is 6.07 Å². The lowest BCUT2D eigenvalue weighted by atomic mass is 10.4. The zero-order valence-electron chi connectivity index (χ0n) is 10.1. The molecule has 1 N–H and O–H groups in total. The first-order valence-electron chi connectivity index (χ1n) is 5.39. The monoisotopic (exact) mass is 375 g/mol. The van der Waals surface area contributed by atoms with Crippen LogP contribution < -0.4 is 4.72 Å². The predicted molar refractivity (Wildman–Crippen MR) is 77.9 cm³/mol. The molecule has 0 aliphatic rings. The maximum Gasteiger partial charge on any atom is 0.250 e. The number of nitrogens with one attached hydrogen (secondary N) is 1. The highest BCUT2D eigenvalue weighted by Gasteiger charge is 2.18. The quantitative estimate of drug-likeness (QED) is 0.743. The highest BCUT2D eigenvalue weighted by atomic mass is 79.9. The summed E-state index contributed by atoms with van der Waals surface area (Å²) in [5.41, 5.74) is 0. The van der Waals surface area contributed by atoms with Gasteiger partial charge in [-0.25, -0.2) is 13.1 Å². The fourth-order valence-electron chi connectivity index (χ4n) is 1.13. The van der Waals surface area contributed by atoms with Crippen LogP contribution in [0.5, 0.6) is 0 Å². The smallest absolute Gasteiger partial charge is 0.250 e. The fourth-order valence-corrected chi connectivity index (χ4v) is 4.65. The van der Waals surface area contributed by atoms with Crippen molar-refractivity contribution in [2.24, 2.45) is 0 Å². The second-order valence-corrected chi connectivity index (χ2v) is 8.63. The second-order valence-electron chi connectivity index (χ2n) is 3.86. The van der Waals surface area contributed by atoms with Crippen molar-refractivity contribution in [3.63, 3.8) is 0 Å². The van der Waals surface area contributed by atoms with Crippen LogP contribution in [-0.4, -0.2) is 27.7 Å². The van der Waals surface area contributed by atoms with Crippen LogP contribution in [0.25, 0.3) is 0 Å². The summed E-state index contributed by atoms with van der Waals surface area (Å²) in [6, 6.07) is 1.43. The van der Waals surface area contributed by atoms with Gasteiger partial charge in [-0.3, -0.25) is 0 Å². The largest absolute Gasteiger partial charge is 0.379 e. The molecule has 0 aromatic carbocycles. The van der Waals surface area contributed by atoms with Gasteiger partial charge in [0.1, 0.15) is 4.21 Å². The Labute approximate surface area is 125 Å². The van der Waals surface area contributed by atoms with E-state index in [1.54, 1.807) is 0 Å². The Morgan fingerprint density at radius 2 is 2.22 bits per heavy atom. The van der Waals surface area contributed by atoms with Gasteiger partial charge < -0.3 is 4.74 Å². The predicted octanol–water partition coefficient (Wildman–Crippen LogP) is 3.26. The molecule has 1 aromatic heterocycles. The van der Waals surface area contributed by atoms with E-state index in [0.29, 0.717) is 28.4 Å². The van der Waals surface area contributed by atoms with E-state index in [0.717, 1.165) is 11.3 Å². The zero-order valence-corrected chi connectivity index (χ0v) is 14.0. The Bertz CT molecular complexity index is 468. The van der Waals surface area contributed by atoms with E-state index in [2.05, 4.69) is 20.7 Å². The van der Waals surface area contributed by atoms with Gasteiger partial charge in [0.15, 0.2) is 0 Å². The molecule has 0 spiro atoms. The summed E-state index contributed by atoms with van der Waals surface area (Å²) in [5, 5.41) is 0.406. The number of hydrogen-bond acceptors (Lipinski definition) is 4. The first-order chi connectivity index (χ1) is 8.33. The third-order valence-corrected chi connectivity index (χ3v) is 6.36. The minimum atomic E-state index is -3.46. The van der Waals surface area contributed by atoms with Gasteiger partial charge in [0, 0.05) is 13.2 Å². The first kappa shape index (κ1) is 16.4. The molecule has 4 nitrogen and oxygen atoms in total. The van der Waals surface area contributed by atoms with Gasteiger partial charge in [-0.2, -0.15) is 0 Å². The molecule has 0 aliphatic carbocycles. The van der Waals surface area contributed by atoms with E-state index in [-0.39, 0.29) is 10.3 Å². The van der Waals surface area contributed by atoms with E-state index in [9.17, 15) is 8.42 Å². The minimum Gasteiger partial charge on any atom is -0.379 e. The van der Waals surface area contributed by atoms with E-state index >= 15 is 0 Å². The van der Waals surface area contributed by atoms with Crippen molar-refractivity contribution >= 4 is 48.9 Å². The van der Waals surface area contributed by atoms with Crippen LogP contribution in [0.1, 0.15) is 20.3 Å². The lowest BCUT2D eigenvalue weighted by Crippen LogP contribution is -2.25. The van der Waals surface area contributed by atoms with Crippen molar-refractivity contribution in [1.29, 1.82) is 0 Å². The Hall–Kier alpha value is 0.340. The van der Waals surface area contributed by atoms with Crippen LogP contribution in [0, 0.1) is 0 Å². The van der Waals surface area contributed by atoms with Crippen LogP contribution in [0.4, 0.5) is 0 Å². The van der Waals surface area contributed by atoms with Gasteiger partial charge in [0.2, 0.25) is 10.0 Å². The number of thiophene rings is 1. The summed E-state index contributed by atoms with van der Waals surface area (Å²) >= 11 is 10.1. The summed E-state index contributed by atoms with van der Waals surface area (Å²) in [7, 11) is -3.46. The summed E-state index contributed by atoms with van der Waals surface area (Å²) < 4.78 is 32.4. The molecular weight excluding hydrogens is 362 g/mol. The first-order valence-corrected chi connectivity index (χ1v) is 8.86. The maximum atomic E-state index is 11.9. The van der Waals surface area contributed by atoms with Crippen LogP contribution in [-0.2, 0) is 14.8 Å². The van der Waals surface area contributed by atoms with Crippen LogP contribution >= 0.6 is 38.9 Å². The fraction of sp³-hybridized carbons (Fsp3) is 0.600. The Balaban J connectivity index is 2.45. The summed E-state index contributed by atoms with van der Waals surface area (Å²) in [6.07, 6.45) is 0.797. The average Bonchev–Trinajstić information content (AvgIpc) is 2.59. The maximum absolute atomic E-state index is 11.9. The van der Waals surface area contributed by atoms with Gasteiger partial charge in [0.05, 0.1) is 14.9 Å². The second kappa shape index (κ2) is 7.21. The van der Waals surface area contributed by atoms with Crippen molar-refractivity contribution in [2.75, 3.05) is 13.2 Å². The average molecular weight is 377 g/mol. The molecular formula is C10H15BrClNO3S2. The molecule has 0 unspecified atom stereocenters. The van der Waals surface area contributed by atoms with Crippen molar-refractivity contribution < 1.29 is 13.2 Å². The highest BCUT2D eigenvalue weighted by Crippen LogP contribution is 2.34. The zero-order chi connectivity index (χ0) is 13.8. The molecule has 1 rings (SSSR count). The number of rotatable bonds is 7. The number of sulfonamides is 1. The molecule has 104 valence electrons. The SMILES string of the molecule is CC(C)OCCCNS(=O)(=O)c1cc(Cl)c(Br)s1. The molecule has 18 heavy (non-hydrogen) atoms. The van der Waals surface area contributed by atoms with Crippen molar-refractivity contribution in [3.8, 4) is 0 Å². The molecule has 0 bridgehead atoms. The molecule has 8 heteroatoms. The highest BCUT2D eigenvalue weighted by molar-refractivity contribution is 9.11. The molecule has 1 aromatic rings. The van der Waals surface area contributed by atoms with Crippen molar-refractivity contribution in [1.82, 2.24) is 4.72 Å². The van der Waals surface area contributed by atoms with Crippen LogP contribution in [0.15, 0.2) is 14.1 Å². The molecule has 0 saturated carbocycles. The normalized spacial score (nSPS) is 12.3. The summed E-state index contributed by atoms with van der Waals surface area (Å²) in [6.45, 7) is 4.77. The number of ether oxygens (including phenoxy) is 1. The number of hydrogen-bond donors (Lipinski definition) is 1. The Kier molecular flexibility index (Phi) is 6.57. The third kappa shape index (κ3) is 5.14. The standard InChI is InChI=1S/C10H15BrClNO3S2/c1-7(2)16-5-3-4-13-18(14,15)9-6-8(12)10(11)17-9/h6-7,13H,3-5H2,1-2H3. The van der Waals surface area contributed by atoms with Gasteiger partial charge in [-0.05, 0) is 42.3 Å². The van der Waals surface area contributed by atoms with E-state index in [4.69, 9.17) is 16.3 Å². The van der Waals surface area contributed by atoms with Gasteiger partial charge >= 0.3 is 0 Å². The summed E-state index contributed by atoms with van der Waals surface area (Å²) in [4.78, 5) is 0. The molecule has 0 fully saturated rings. The lowest BCUT2D eigenvalue weighted by Gasteiger charge is -2.07. The lowest BCUT2D eigenvalue weighted by molar-refractivity contribution is 0.0778.